The second-order valence-corrected chi connectivity index (χ2v) is 2.32. The topological polar surface area (TPSA) is 49.7 Å². The van der Waals surface area contributed by atoms with Crippen LogP contribution in [0.4, 0.5) is 0 Å². The van der Waals surface area contributed by atoms with Gasteiger partial charge >= 0.3 is 0 Å². The standard InChI is InChI=1S/C9H13NO2/c1-4-5-10-6-9(7(2)11)8(3)12/h4-6,11H,1-3H3/b5-4+,9-7+,10-6+. The van der Waals surface area contributed by atoms with Crippen molar-refractivity contribution in [2.45, 2.75) is 20.8 Å². The van der Waals surface area contributed by atoms with Gasteiger partial charge in [0.1, 0.15) is 5.76 Å². The quantitative estimate of drug-likeness (QED) is 0.397. The second-order valence-electron chi connectivity index (χ2n) is 2.32. The summed E-state index contributed by atoms with van der Waals surface area (Å²) in [4.78, 5) is 14.6. The van der Waals surface area contributed by atoms with Gasteiger partial charge in [-0.2, -0.15) is 0 Å². The number of aliphatic hydroxyl groups excluding tert-OH is 1. The zero-order chi connectivity index (χ0) is 9.56. The molecule has 0 amide bonds. The number of carbonyl (C=O) groups is 1. The van der Waals surface area contributed by atoms with Crippen LogP contribution in [0.2, 0.25) is 0 Å². The van der Waals surface area contributed by atoms with Crippen molar-refractivity contribution in [3.63, 3.8) is 0 Å². The average Bonchev–Trinajstić information content (AvgIpc) is 1.96. The van der Waals surface area contributed by atoms with Crippen LogP contribution in [0, 0.1) is 0 Å². The summed E-state index contributed by atoms with van der Waals surface area (Å²) in [6, 6.07) is 0. The molecule has 0 bridgehead atoms. The molecule has 0 aliphatic heterocycles. The Kier molecular flexibility index (Phi) is 4.69. The van der Waals surface area contributed by atoms with Gasteiger partial charge in [0.25, 0.3) is 0 Å². The molecule has 0 spiro atoms. The van der Waals surface area contributed by atoms with Crippen LogP contribution in [-0.4, -0.2) is 17.1 Å². The maximum atomic E-state index is 10.8. The van der Waals surface area contributed by atoms with Gasteiger partial charge < -0.3 is 5.11 Å². The summed E-state index contributed by atoms with van der Waals surface area (Å²) in [6.07, 6.45) is 4.63. The van der Waals surface area contributed by atoms with E-state index < -0.39 is 0 Å². The fourth-order valence-electron chi connectivity index (χ4n) is 0.643. The third-order valence-corrected chi connectivity index (χ3v) is 1.21. The average molecular weight is 167 g/mol. The predicted octanol–water partition coefficient (Wildman–Crippen LogP) is 2.01. The lowest BCUT2D eigenvalue weighted by Gasteiger charge is -1.95. The summed E-state index contributed by atoms with van der Waals surface area (Å²) in [5, 5.41) is 9.03. The highest BCUT2D eigenvalue weighted by Crippen LogP contribution is 1.99. The number of carbonyl (C=O) groups excluding carboxylic acids is 1. The lowest BCUT2D eigenvalue weighted by molar-refractivity contribution is -0.113. The van der Waals surface area contributed by atoms with Crippen molar-refractivity contribution < 1.29 is 9.90 Å². The molecular weight excluding hydrogens is 154 g/mol. The molecule has 0 heterocycles. The van der Waals surface area contributed by atoms with Crippen molar-refractivity contribution in [3.8, 4) is 0 Å². The Morgan fingerprint density at radius 3 is 2.33 bits per heavy atom. The molecule has 0 aromatic rings. The van der Waals surface area contributed by atoms with Crippen LogP contribution >= 0.6 is 0 Å². The summed E-state index contributed by atoms with van der Waals surface area (Å²) in [7, 11) is 0. The van der Waals surface area contributed by atoms with Crippen molar-refractivity contribution in [3.05, 3.63) is 23.6 Å². The third kappa shape index (κ3) is 3.71. The molecule has 3 nitrogen and oxygen atoms in total. The molecule has 1 N–H and O–H groups in total. The van der Waals surface area contributed by atoms with E-state index in [1.807, 2.05) is 6.92 Å². The fourth-order valence-corrected chi connectivity index (χ4v) is 0.643. The Morgan fingerprint density at radius 2 is 2.00 bits per heavy atom. The minimum absolute atomic E-state index is 0.00393. The predicted molar refractivity (Wildman–Crippen MR) is 49.3 cm³/mol. The van der Waals surface area contributed by atoms with Crippen molar-refractivity contribution in [1.82, 2.24) is 0 Å². The lowest BCUT2D eigenvalue weighted by Crippen LogP contribution is -2.00. The van der Waals surface area contributed by atoms with Crippen molar-refractivity contribution >= 4 is 12.0 Å². The smallest absolute Gasteiger partial charge is 0.164 e. The monoisotopic (exact) mass is 167 g/mol. The molecule has 0 unspecified atom stereocenters. The number of hydrogen-bond donors (Lipinski definition) is 1. The van der Waals surface area contributed by atoms with Crippen LogP contribution in [0.3, 0.4) is 0 Å². The van der Waals surface area contributed by atoms with E-state index in [4.69, 9.17) is 5.11 Å². The first-order valence-electron chi connectivity index (χ1n) is 3.64. The number of nitrogens with zero attached hydrogens (tertiary/aromatic N) is 1. The number of ketones is 1. The number of rotatable bonds is 3. The van der Waals surface area contributed by atoms with E-state index in [9.17, 15) is 4.79 Å². The van der Waals surface area contributed by atoms with E-state index in [-0.39, 0.29) is 17.1 Å². The molecule has 0 aromatic heterocycles. The van der Waals surface area contributed by atoms with Crippen LogP contribution in [0.15, 0.2) is 28.6 Å². The normalized spacial score (nSPS) is 13.9. The highest BCUT2D eigenvalue weighted by molar-refractivity contribution is 6.12. The van der Waals surface area contributed by atoms with Crippen LogP contribution in [0.5, 0.6) is 0 Å². The first-order chi connectivity index (χ1) is 5.59. The number of aliphatic hydroxyl groups is 1. The zero-order valence-electron chi connectivity index (χ0n) is 7.53. The molecule has 0 aromatic carbocycles. The number of hydrogen-bond acceptors (Lipinski definition) is 3. The van der Waals surface area contributed by atoms with E-state index in [0.717, 1.165) is 0 Å². The van der Waals surface area contributed by atoms with Crippen LogP contribution < -0.4 is 0 Å². The highest BCUT2D eigenvalue weighted by atomic mass is 16.3. The van der Waals surface area contributed by atoms with E-state index in [1.54, 1.807) is 12.3 Å². The summed E-state index contributed by atoms with van der Waals surface area (Å²) >= 11 is 0. The molecule has 0 aliphatic carbocycles. The fraction of sp³-hybridized carbons (Fsp3) is 0.333. The Balaban J connectivity index is 4.58. The number of Topliss-reactive ketones (excluding diaryl/α,β-unsaturated/α-hetero) is 1. The van der Waals surface area contributed by atoms with Gasteiger partial charge in [-0.05, 0) is 20.8 Å². The maximum absolute atomic E-state index is 10.8. The van der Waals surface area contributed by atoms with Gasteiger partial charge in [-0.1, -0.05) is 6.08 Å². The zero-order valence-corrected chi connectivity index (χ0v) is 7.53. The number of aliphatic imine (C=N–C) groups is 1. The molecule has 12 heavy (non-hydrogen) atoms. The second kappa shape index (κ2) is 5.29. The molecular formula is C9H13NO2. The molecule has 0 radical (unpaired) electrons. The van der Waals surface area contributed by atoms with E-state index in [0.29, 0.717) is 0 Å². The van der Waals surface area contributed by atoms with Gasteiger partial charge in [-0.15, -0.1) is 0 Å². The lowest BCUT2D eigenvalue weighted by atomic mass is 10.2. The molecule has 0 atom stereocenters. The Labute approximate surface area is 72.1 Å². The van der Waals surface area contributed by atoms with Gasteiger partial charge in [0.05, 0.1) is 5.57 Å². The summed E-state index contributed by atoms with van der Waals surface area (Å²) in [6.45, 7) is 4.66. The molecule has 3 heteroatoms. The number of allylic oxidation sites excluding steroid dienone is 3. The highest BCUT2D eigenvalue weighted by Gasteiger charge is 2.03. The summed E-state index contributed by atoms with van der Waals surface area (Å²) < 4.78 is 0. The maximum Gasteiger partial charge on any atom is 0.164 e. The van der Waals surface area contributed by atoms with Gasteiger partial charge in [0, 0.05) is 12.4 Å². The van der Waals surface area contributed by atoms with Crippen LogP contribution in [0.1, 0.15) is 20.8 Å². The van der Waals surface area contributed by atoms with E-state index >= 15 is 0 Å². The third-order valence-electron chi connectivity index (χ3n) is 1.21. The van der Waals surface area contributed by atoms with Crippen molar-refractivity contribution in [2.75, 3.05) is 0 Å². The summed E-state index contributed by atoms with van der Waals surface area (Å²) in [5.74, 6) is -0.195. The molecule has 0 rings (SSSR count). The minimum atomic E-state index is -0.191. The Morgan fingerprint density at radius 1 is 1.42 bits per heavy atom. The van der Waals surface area contributed by atoms with Crippen molar-refractivity contribution in [1.29, 1.82) is 0 Å². The van der Waals surface area contributed by atoms with Gasteiger partial charge in [0.2, 0.25) is 0 Å². The van der Waals surface area contributed by atoms with Crippen LogP contribution in [-0.2, 0) is 4.79 Å². The van der Waals surface area contributed by atoms with Crippen LogP contribution in [0.25, 0.3) is 0 Å². The Hall–Kier alpha value is -1.38. The molecule has 0 fully saturated rings. The minimum Gasteiger partial charge on any atom is -0.512 e. The first kappa shape index (κ1) is 10.6. The van der Waals surface area contributed by atoms with Gasteiger partial charge in [-0.3, -0.25) is 9.79 Å². The van der Waals surface area contributed by atoms with Crippen molar-refractivity contribution in [2.24, 2.45) is 4.99 Å². The first-order valence-corrected chi connectivity index (χ1v) is 3.64. The van der Waals surface area contributed by atoms with Gasteiger partial charge in [-0.25, -0.2) is 0 Å². The molecule has 0 saturated heterocycles. The molecule has 0 saturated carbocycles. The van der Waals surface area contributed by atoms with Gasteiger partial charge in [0.15, 0.2) is 5.78 Å². The SMILES string of the molecule is C/C=C/N=C/C(C(C)=O)=C(/C)O. The van der Waals surface area contributed by atoms with E-state index in [1.165, 1.54) is 20.1 Å². The summed E-state index contributed by atoms with van der Waals surface area (Å²) in [5.41, 5.74) is 0.244. The molecule has 66 valence electrons. The van der Waals surface area contributed by atoms with E-state index in [2.05, 4.69) is 4.99 Å². The largest absolute Gasteiger partial charge is 0.512 e. The molecule has 0 aliphatic rings. The Bertz CT molecular complexity index is 245.